The SMILES string of the molecule is C=C1NC(=O)C(C)=CN1[C@@H]1O[C@H](COP(=O)(S)OC2[C@@H](COP(=O)(S)OC3[C@@H](COP(=O)(O)OC4[C@@H](COP(=O)(O)OC5[C@@H](COP(=O)(S)OC6C[C@H](n7cc(C)c(N)nc7=O)O[C@@H]6CC)O[C@@H](n6cnc7c(N)ncnc76)[C@H]5OCCOC)O[C@@H](n5cc(C)c(N)nc5=O)[C@H]4OCCOC)O[C@@H](n4cc(C)c(N)nc4=O)[C@H]3OCCOC)O[C@@H](n3cc(C)c(N)nc3=O)[C@H]2OCCOC)C(O)[C@@H]1OCCOC. The minimum absolute atomic E-state index is 0.00559. The fourth-order valence-electron chi connectivity index (χ4n) is 16.2. The summed E-state index contributed by atoms with van der Waals surface area (Å²) in [7, 11) is -5.00. The van der Waals surface area contributed by atoms with Gasteiger partial charge in [0.05, 0.1) is 118 Å². The van der Waals surface area contributed by atoms with Crippen molar-refractivity contribution in [2.24, 2.45) is 0 Å². The van der Waals surface area contributed by atoms with Gasteiger partial charge < -0.3 is 130 Å². The molecule has 796 valence electrons. The Bertz CT molecular complexity index is 6010. The van der Waals surface area contributed by atoms with Gasteiger partial charge in [0.25, 0.3) is 5.91 Å². The number of imidazole rings is 1. The lowest BCUT2D eigenvalue weighted by atomic mass is 10.1. The second-order valence-electron chi connectivity index (χ2n) is 33.2. The predicted octanol–water partition coefficient (Wildman–Crippen LogP) is 1.66. The highest BCUT2D eigenvalue weighted by Gasteiger charge is 2.59. The first-order valence-electron chi connectivity index (χ1n) is 44.0. The number of aryl methyl sites for hydroxylation is 4. The van der Waals surface area contributed by atoms with Crippen LogP contribution < -0.4 is 56.7 Å². The zero-order valence-electron chi connectivity index (χ0n) is 78.9. The van der Waals surface area contributed by atoms with E-state index in [1.54, 1.807) is 13.8 Å². The number of nitrogens with one attached hydrogen (secondary N) is 1. The van der Waals surface area contributed by atoms with Crippen LogP contribution in [0.5, 0.6) is 0 Å². The van der Waals surface area contributed by atoms with Gasteiger partial charge in [-0.2, -0.15) is 19.9 Å². The van der Waals surface area contributed by atoms with Gasteiger partial charge in [-0.25, -0.2) is 57.0 Å². The third kappa shape index (κ3) is 27.6. The molecule has 0 spiro atoms. The van der Waals surface area contributed by atoms with Crippen LogP contribution in [0.4, 0.5) is 29.1 Å². The number of hydrogen-bond donors (Lipinski definition) is 12. The van der Waals surface area contributed by atoms with Crippen LogP contribution in [0.15, 0.2) is 80.8 Å². The molecule has 7 aliphatic rings. The van der Waals surface area contributed by atoms with E-state index in [9.17, 15) is 43.4 Å². The van der Waals surface area contributed by atoms with Gasteiger partial charge in [-0.05, 0) is 41.0 Å². The lowest BCUT2D eigenvalue weighted by Crippen LogP contribution is -2.48. The van der Waals surface area contributed by atoms with Crippen molar-refractivity contribution in [1.29, 1.82) is 0 Å². The molecule has 6 saturated heterocycles. The van der Waals surface area contributed by atoms with Crippen molar-refractivity contribution in [1.82, 2.24) is 67.9 Å². The molecule has 11 unspecified atom stereocenters. The topological polar surface area (TPSA) is 732 Å². The van der Waals surface area contributed by atoms with Crippen LogP contribution in [0.1, 0.15) is 80.1 Å². The molecule has 6 aromatic rings. The molecule has 0 aliphatic carbocycles. The number of phosphoric acid groups is 2. The van der Waals surface area contributed by atoms with Gasteiger partial charge in [0.15, 0.2) is 42.6 Å². The summed E-state index contributed by atoms with van der Waals surface area (Å²) in [5.41, 5.74) is 28.0. The molecule has 1 amide bonds. The number of amides is 1. The van der Waals surface area contributed by atoms with Gasteiger partial charge >= 0.3 is 58.8 Å². The molecule has 7 aliphatic heterocycles. The molecule has 0 radical (unpaired) electrons. The third-order valence-corrected chi connectivity index (χ3v) is 30.2. The van der Waals surface area contributed by atoms with E-state index < -0.39 is 245 Å². The van der Waals surface area contributed by atoms with E-state index in [4.69, 9.17) is 150 Å². The van der Waals surface area contributed by atoms with Crippen LogP contribution in [-0.4, -0.2) is 328 Å². The summed E-state index contributed by atoms with van der Waals surface area (Å²) in [4.78, 5) is 122. The fourth-order valence-corrected chi connectivity index (χ4v) is 22.6. The van der Waals surface area contributed by atoms with E-state index in [0.717, 1.165) is 20.0 Å². The minimum Gasteiger partial charge on any atom is -0.387 e. The van der Waals surface area contributed by atoms with Crippen LogP contribution >= 0.6 is 72.8 Å². The first-order valence-corrected chi connectivity index (χ1v) is 55.1. The van der Waals surface area contributed by atoms with Crippen LogP contribution in [-0.2, 0) is 149 Å². The number of aliphatic hydroxyl groups excluding tert-OH is 1. The Morgan fingerprint density at radius 2 is 0.769 bits per heavy atom. The number of phosphoric ester groups is 2. The number of nitrogens with zero attached hydrogens (tertiary/aromatic N) is 13. The monoisotopic (exact) mass is 2180 g/mol. The molecular weight excluding hydrogens is 2070 g/mol. The van der Waals surface area contributed by atoms with E-state index in [2.05, 4.69) is 83.5 Å². The minimum atomic E-state index is -5.94. The molecule has 58 nitrogen and oxygen atoms in total. The van der Waals surface area contributed by atoms with Crippen LogP contribution in [0, 0.1) is 27.7 Å². The lowest BCUT2D eigenvalue weighted by molar-refractivity contribution is -0.121. The molecule has 0 bridgehead atoms. The number of nitrogen functional groups attached to an aromatic ring is 5. The molecule has 6 aromatic heterocycles. The number of carbonyl (C=O) groups excluding carboxylic acids is 1. The van der Waals surface area contributed by atoms with Gasteiger partial charge in [0.2, 0.25) is 0 Å². The number of fused-ring (bicyclic) bond motifs is 1. The van der Waals surface area contributed by atoms with E-state index >= 15 is 18.3 Å². The molecule has 0 aromatic carbocycles. The van der Waals surface area contributed by atoms with Gasteiger partial charge in [-0.1, -0.05) is 50.2 Å². The summed E-state index contributed by atoms with van der Waals surface area (Å²) >= 11 is 13.1. The Balaban J connectivity index is 0.794. The number of rotatable bonds is 52. The highest BCUT2D eigenvalue weighted by Crippen LogP contribution is 2.62. The molecule has 13 heterocycles. The molecule has 6 fully saturated rings. The molecule has 66 heteroatoms. The van der Waals surface area contributed by atoms with E-state index in [1.807, 2.05) is 0 Å². The fraction of sp³-hybridized carbons (Fsp3) is 0.662. The van der Waals surface area contributed by atoms with Crippen molar-refractivity contribution < 1.29 is 164 Å². The van der Waals surface area contributed by atoms with Crippen molar-refractivity contribution in [2.75, 3.05) is 163 Å². The summed E-state index contributed by atoms with van der Waals surface area (Å²) < 4.78 is 238. The number of aromatic nitrogens is 12. The van der Waals surface area contributed by atoms with Gasteiger partial charge in [0.1, 0.15) is 139 Å². The third-order valence-electron chi connectivity index (χ3n) is 23.3. The number of ether oxygens (including phenoxy) is 16. The number of thiol groups is 3. The Labute approximate surface area is 830 Å². The zero-order valence-corrected chi connectivity index (χ0v) is 86.0. The van der Waals surface area contributed by atoms with E-state index in [1.165, 1.54) is 115 Å². The zero-order chi connectivity index (χ0) is 104. The number of carbonyl (C=O) groups is 1. The van der Waals surface area contributed by atoms with E-state index in [-0.39, 0.29) is 141 Å². The number of methoxy groups -OCH3 is 5. The Morgan fingerprint density at radius 3 is 1.16 bits per heavy atom. The maximum absolute atomic E-state index is 15.6. The molecule has 0 saturated carbocycles. The highest BCUT2D eigenvalue weighted by atomic mass is 32.7. The van der Waals surface area contributed by atoms with Crippen molar-refractivity contribution in [2.45, 2.75) is 196 Å². The molecular formula is C77H116N19O39P5S3. The molecule has 143 heavy (non-hydrogen) atoms. The Kier molecular flexibility index (Phi) is 38.8. The number of hydrogen-bond acceptors (Lipinski definition) is 50. The molecule has 13 rings (SSSR count). The van der Waals surface area contributed by atoms with Gasteiger partial charge in [0, 0.05) is 101 Å². The number of anilines is 5. The van der Waals surface area contributed by atoms with Crippen LogP contribution in [0.2, 0.25) is 0 Å². The van der Waals surface area contributed by atoms with Gasteiger partial charge in [-0.15, -0.1) is 0 Å². The number of aliphatic hydroxyl groups is 1. The normalized spacial score (nSPS) is 30.0. The average molecular weight is 2180 g/mol. The first-order chi connectivity index (χ1) is 67.8. The number of nitrogens with two attached hydrogens (primary N) is 5. The molecule has 28 atom stereocenters. The van der Waals surface area contributed by atoms with Crippen molar-refractivity contribution >= 4 is 119 Å². The van der Waals surface area contributed by atoms with Crippen molar-refractivity contribution in [3.05, 3.63) is 126 Å². The first kappa shape index (κ1) is 113. The predicted molar refractivity (Wildman–Crippen MR) is 504 cm³/mol. The summed E-state index contributed by atoms with van der Waals surface area (Å²) in [6.07, 6.45) is -27.6. The maximum Gasteiger partial charge on any atom is 0.472 e. The Hall–Kier alpha value is -7.14. The second-order valence-corrected chi connectivity index (χ2v) is 44.6. The quantitative estimate of drug-likeness (QED) is 0.0147. The smallest absolute Gasteiger partial charge is 0.387 e. The average Bonchev–Trinajstić information content (AvgIpc) is 1.61. The van der Waals surface area contributed by atoms with Crippen molar-refractivity contribution in [3.8, 4) is 0 Å². The van der Waals surface area contributed by atoms with Crippen LogP contribution in [0.3, 0.4) is 0 Å². The second kappa shape index (κ2) is 49.1. The maximum atomic E-state index is 15.6. The molecule has 14 N–H and O–H groups in total. The Morgan fingerprint density at radius 1 is 0.427 bits per heavy atom. The van der Waals surface area contributed by atoms with Gasteiger partial charge in [-0.3, -0.25) is 72.9 Å². The van der Waals surface area contributed by atoms with Crippen molar-refractivity contribution in [3.63, 3.8) is 0 Å². The summed E-state index contributed by atoms with van der Waals surface area (Å²) in [5, 5.41) is 14.5. The lowest BCUT2D eigenvalue weighted by Gasteiger charge is -2.35. The standard InChI is InChI=1S/C77H116N19O39P5S3/c1-13-43-44(24-50(125-43)92-25-37(2)62(78)87-74(92)99)131-138(107,141)123-33-48-54(59(117-21-16-112-10)73(130-48)96-36-85-51-66(82)83-35-84-67(51)96)133-136(103,104)120-31-46-53(58(116-20-15-111-9)70(127-46)93-26-38(3)63(79)88-75(93)100)132-137(105,106)121-32-47-55(60(118-22-17-113-11)71(128-47)94-27-39(4)64(80)89-76(94)101)134-140(109,143)124-34-49-56(61(119-23-18-114-12)72(129-49)95-28-40(5)65(81)90-77(95)102)135-139(108,142)122-30-45-52(97)57(115-19-14-110-8)69(126-45)91-29-41(6)68(98)86-42(91)7/h25-29,35-36,43-50,52-61,69-73,97H,7,13-24,30-34H2,1-6,8-12H3,(H,86,98)(H,103,104)(H,105,106)(H,107,141)(H,108,142)(H,109,143)(H2,78,87,99)(H2,79,88,100)(H2,80,89,101)(H2,81,90,102)(H2,82,83,84)/t43-,44?,45-,46-,47-,48-,49-,50-,52?,53?,54?,55?,56?,57+,58+,59+,60+,61+,69-,70-,71-,72-,73-,138?,139?,140?/m1/s1. The largest absolute Gasteiger partial charge is 0.472 e. The highest BCUT2D eigenvalue weighted by molar-refractivity contribution is 8.45. The van der Waals surface area contributed by atoms with Crippen LogP contribution in [0.25, 0.3) is 11.2 Å². The summed E-state index contributed by atoms with van der Waals surface area (Å²) in [6.45, 7) is -8.58. The summed E-state index contributed by atoms with van der Waals surface area (Å²) in [6, 6.07) is 0. The summed E-state index contributed by atoms with van der Waals surface area (Å²) in [5.74, 6) is -1.13. The van der Waals surface area contributed by atoms with E-state index in [0.29, 0.717) is 5.56 Å².